The number of nitrogens with zero attached hydrogens (tertiary/aromatic N) is 3. The summed E-state index contributed by atoms with van der Waals surface area (Å²) in [4.78, 5) is 24.3. The van der Waals surface area contributed by atoms with Crippen LogP contribution >= 0.6 is 0 Å². The molecule has 1 amide bonds. The van der Waals surface area contributed by atoms with Gasteiger partial charge in [0.25, 0.3) is 5.91 Å². The number of alkyl halides is 3. The maximum Gasteiger partial charge on any atom is 0.416 e. The first-order valence-electron chi connectivity index (χ1n) is 13.0. The van der Waals surface area contributed by atoms with Gasteiger partial charge in [-0.25, -0.2) is 4.98 Å². The van der Waals surface area contributed by atoms with Crippen molar-refractivity contribution in [1.82, 2.24) is 9.97 Å². The third-order valence-electron chi connectivity index (χ3n) is 6.45. The molecule has 0 radical (unpaired) electrons. The maximum absolute atomic E-state index is 13.6. The van der Waals surface area contributed by atoms with Crippen LogP contribution in [0, 0.1) is 6.92 Å². The second-order valence-corrected chi connectivity index (χ2v) is 10.6. The molecular formula is C29H34F3N5O3. The number of morpholine rings is 1. The summed E-state index contributed by atoms with van der Waals surface area (Å²) in [6.45, 7) is 11.4. The maximum atomic E-state index is 13.6. The van der Waals surface area contributed by atoms with Gasteiger partial charge < -0.3 is 25.4 Å². The molecule has 0 bridgehead atoms. The predicted octanol–water partition coefficient (Wildman–Crippen LogP) is 5.54. The minimum Gasteiger partial charge on any atom is -0.473 e. The SMILES string of the molecule is Cc1ncc(C(=O)Nc2cc(C(C)(C)N)cc(C(F)(F)F)c2)cc1-c1cnc(OC(C)C)c(N2CCOCC2)c1. The number of anilines is 2. The third kappa shape index (κ3) is 6.89. The lowest BCUT2D eigenvalue weighted by molar-refractivity contribution is -0.137. The highest BCUT2D eigenvalue weighted by Gasteiger charge is 2.33. The van der Waals surface area contributed by atoms with Crippen LogP contribution in [0.2, 0.25) is 0 Å². The van der Waals surface area contributed by atoms with E-state index in [-0.39, 0.29) is 22.9 Å². The van der Waals surface area contributed by atoms with E-state index in [9.17, 15) is 18.0 Å². The van der Waals surface area contributed by atoms with Crippen LogP contribution in [0.1, 0.15) is 54.9 Å². The lowest BCUT2D eigenvalue weighted by atomic mass is 9.93. The summed E-state index contributed by atoms with van der Waals surface area (Å²) >= 11 is 0. The van der Waals surface area contributed by atoms with Crippen molar-refractivity contribution in [3.63, 3.8) is 0 Å². The summed E-state index contributed by atoms with van der Waals surface area (Å²) in [5, 5.41) is 2.58. The fraction of sp³-hybridized carbons (Fsp3) is 0.414. The van der Waals surface area contributed by atoms with Gasteiger partial charge in [-0.15, -0.1) is 0 Å². The largest absolute Gasteiger partial charge is 0.473 e. The smallest absolute Gasteiger partial charge is 0.416 e. The number of amides is 1. The van der Waals surface area contributed by atoms with Gasteiger partial charge in [-0.05, 0) is 70.5 Å². The summed E-state index contributed by atoms with van der Waals surface area (Å²) in [6.07, 6.45) is -1.62. The van der Waals surface area contributed by atoms with Crippen molar-refractivity contribution in [3.05, 3.63) is 65.1 Å². The number of nitrogens with one attached hydrogen (secondary N) is 1. The first kappa shape index (κ1) is 29.3. The van der Waals surface area contributed by atoms with E-state index < -0.39 is 23.2 Å². The van der Waals surface area contributed by atoms with Crippen molar-refractivity contribution in [2.45, 2.75) is 52.4 Å². The molecule has 4 rings (SSSR count). The molecule has 214 valence electrons. The molecule has 0 spiro atoms. The zero-order valence-electron chi connectivity index (χ0n) is 23.2. The minimum absolute atomic E-state index is 0.0121. The number of carbonyl (C=O) groups excluding carboxylic acids is 1. The monoisotopic (exact) mass is 557 g/mol. The summed E-state index contributed by atoms with van der Waals surface area (Å²) in [5.74, 6) is -0.0988. The summed E-state index contributed by atoms with van der Waals surface area (Å²) in [5.41, 5.74) is 7.40. The molecule has 1 saturated heterocycles. The van der Waals surface area contributed by atoms with Gasteiger partial charge in [-0.3, -0.25) is 9.78 Å². The van der Waals surface area contributed by atoms with Crippen LogP contribution < -0.4 is 20.7 Å². The fourth-order valence-electron chi connectivity index (χ4n) is 4.32. The van der Waals surface area contributed by atoms with Gasteiger partial charge in [-0.1, -0.05) is 0 Å². The normalized spacial score (nSPS) is 14.4. The summed E-state index contributed by atoms with van der Waals surface area (Å²) < 4.78 is 52.1. The van der Waals surface area contributed by atoms with Gasteiger partial charge in [0.05, 0.1) is 30.4 Å². The van der Waals surface area contributed by atoms with E-state index in [1.165, 1.54) is 12.3 Å². The third-order valence-corrected chi connectivity index (χ3v) is 6.45. The quantitative estimate of drug-likeness (QED) is 0.393. The molecule has 2 aromatic heterocycles. The van der Waals surface area contributed by atoms with Crippen LogP contribution in [-0.2, 0) is 16.5 Å². The zero-order chi connectivity index (χ0) is 29.2. The number of pyridine rings is 2. The van der Waals surface area contributed by atoms with Crippen molar-refractivity contribution >= 4 is 17.3 Å². The number of aryl methyl sites for hydroxylation is 1. The molecule has 0 unspecified atom stereocenters. The second kappa shape index (κ2) is 11.4. The Morgan fingerprint density at radius 1 is 1.05 bits per heavy atom. The molecule has 1 aliphatic rings. The van der Waals surface area contributed by atoms with Crippen LogP contribution in [-0.4, -0.2) is 48.3 Å². The number of rotatable bonds is 7. The van der Waals surface area contributed by atoms with Crippen LogP contribution in [0.25, 0.3) is 11.1 Å². The number of carbonyl (C=O) groups is 1. The Bertz CT molecular complexity index is 1350. The average Bonchev–Trinajstić information content (AvgIpc) is 2.88. The van der Waals surface area contributed by atoms with Gasteiger partial charge in [0.1, 0.15) is 5.69 Å². The first-order valence-corrected chi connectivity index (χ1v) is 13.0. The minimum atomic E-state index is -4.60. The van der Waals surface area contributed by atoms with Crippen LogP contribution in [0.15, 0.2) is 42.7 Å². The van der Waals surface area contributed by atoms with Gasteiger partial charge in [0.2, 0.25) is 5.88 Å². The topological polar surface area (TPSA) is 103 Å². The number of hydrogen-bond donors (Lipinski definition) is 2. The molecule has 11 heteroatoms. The first-order chi connectivity index (χ1) is 18.7. The molecule has 40 heavy (non-hydrogen) atoms. The fourth-order valence-corrected chi connectivity index (χ4v) is 4.32. The van der Waals surface area contributed by atoms with E-state index in [0.717, 1.165) is 23.4 Å². The van der Waals surface area contributed by atoms with Crippen molar-refractivity contribution < 1.29 is 27.4 Å². The highest BCUT2D eigenvalue weighted by atomic mass is 19.4. The predicted molar refractivity (Wildman–Crippen MR) is 148 cm³/mol. The van der Waals surface area contributed by atoms with Crippen molar-refractivity contribution in [2.24, 2.45) is 5.73 Å². The molecule has 3 aromatic rings. The van der Waals surface area contributed by atoms with E-state index in [2.05, 4.69) is 20.2 Å². The lowest BCUT2D eigenvalue weighted by Crippen LogP contribution is -2.36. The number of aromatic nitrogens is 2. The molecule has 3 heterocycles. The lowest BCUT2D eigenvalue weighted by Gasteiger charge is -2.30. The van der Waals surface area contributed by atoms with Crippen molar-refractivity contribution in [2.75, 3.05) is 36.5 Å². The number of benzene rings is 1. The van der Waals surface area contributed by atoms with Crippen LogP contribution in [0.5, 0.6) is 5.88 Å². The van der Waals surface area contributed by atoms with Crippen LogP contribution in [0.3, 0.4) is 0 Å². The Hall–Kier alpha value is -3.70. The summed E-state index contributed by atoms with van der Waals surface area (Å²) in [6, 6.07) is 6.93. The molecule has 0 aliphatic carbocycles. The Morgan fingerprint density at radius 2 is 1.73 bits per heavy atom. The Kier molecular flexibility index (Phi) is 8.36. The van der Waals surface area contributed by atoms with E-state index in [1.807, 2.05) is 26.8 Å². The Balaban J connectivity index is 1.68. The highest BCUT2D eigenvalue weighted by molar-refractivity contribution is 6.05. The number of halogens is 3. The number of hydrogen-bond acceptors (Lipinski definition) is 7. The number of nitrogens with two attached hydrogens (primary N) is 1. The van der Waals surface area contributed by atoms with Gasteiger partial charge in [0.15, 0.2) is 0 Å². The molecule has 3 N–H and O–H groups in total. The Labute approximate surface area is 231 Å². The van der Waals surface area contributed by atoms with Crippen molar-refractivity contribution in [1.29, 1.82) is 0 Å². The highest BCUT2D eigenvalue weighted by Crippen LogP contribution is 2.36. The molecule has 1 aliphatic heterocycles. The van der Waals surface area contributed by atoms with Gasteiger partial charge in [-0.2, -0.15) is 13.2 Å². The van der Waals surface area contributed by atoms with Crippen LogP contribution in [0.4, 0.5) is 24.5 Å². The van der Waals surface area contributed by atoms with E-state index >= 15 is 0 Å². The van der Waals surface area contributed by atoms with E-state index in [1.54, 1.807) is 26.1 Å². The second-order valence-electron chi connectivity index (χ2n) is 10.6. The van der Waals surface area contributed by atoms with Gasteiger partial charge in [0, 0.05) is 53.5 Å². The van der Waals surface area contributed by atoms with Crippen molar-refractivity contribution in [3.8, 4) is 17.0 Å². The average molecular weight is 558 g/mol. The molecule has 1 aromatic carbocycles. The Morgan fingerprint density at radius 3 is 2.35 bits per heavy atom. The van der Waals surface area contributed by atoms with Gasteiger partial charge >= 0.3 is 6.18 Å². The molecule has 8 nitrogen and oxygen atoms in total. The molecule has 1 fully saturated rings. The molecular weight excluding hydrogens is 523 g/mol. The van der Waals surface area contributed by atoms with E-state index in [0.29, 0.717) is 43.4 Å². The summed E-state index contributed by atoms with van der Waals surface area (Å²) in [7, 11) is 0. The standard InChI is InChI=1S/C29H34F3N5O3/c1-17(2)40-27-25(37-6-8-39-9-7-37)11-19(15-35-27)24-10-20(16-34-18(24)3)26(38)36-23-13-21(28(4,5)33)12-22(14-23)29(30,31)32/h10-17H,6-9,33H2,1-5H3,(H,36,38). The molecule has 0 saturated carbocycles. The molecule has 0 atom stereocenters. The zero-order valence-corrected chi connectivity index (χ0v) is 23.2. The number of ether oxygens (including phenoxy) is 2. The van der Waals surface area contributed by atoms with E-state index in [4.69, 9.17) is 15.2 Å².